The smallest absolute Gasteiger partial charge is 0.407 e. The molecule has 0 aliphatic carbocycles. The Morgan fingerprint density at radius 3 is 2.41 bits per heavy atom. The third-order valence-electron chi connectivity index (χ3n) is 1.86. The summed E-state index contributed by atoms with van der Waals surface area (Å²) in [5.74, 6) is 0. The molecule has 6 nitrogen and oxygen atoms in total. The fraction of sp³-hybridized carbons (Fsp3) is 0.909. The van der Waals surface area contributed by atoms with Crippen molar-refractivity contribution in [2.45, 2.75) is 45.4 Å². The average molecular weight is 248 g/mol. The van der Waals surface area contributed by atoms with Crippen LogP contribution in [0, 0.1) is 0 Å². The molecule has 0 aliphatic rings. The van der Waals surface area contributed by atoms with E-state index in [1.54, 1.807) is 20.8 Å². The first-order valence-electron chi connectivity index (χ1n) is 5.73. The van der Waals surface area contributed by atoms with Gasteiger partial charge in [0.15, 0.2) is 0 Å². The maximum atomic E-state index is 11.3. The van der Waals surface area contributed by atoms with Gasteiger partial charge < -0.3 is 25.6 Å². The van der Waals surface area contributed by atoms with E-state index < -0.39 is 17.8 Å². The molecule has 0 radical (unpaired) electrons. The summed E-state index contributed by atoms with van der Waals surface area (Å²) in [6.45, 7) is 7.66. The van der Waals surface area contributed by atoms with Crippen molar-refractivity contribution in [2.75, 3.05) is 19.7 Å². The van der Waals surface area contributed by atoms with Crippen molar-refractivity contribution in [3.63, 3.8) is 0 Å². The molecule has 0 heterocycles. The lowest BCUT2D eigenvalue weighted by atomic mass is 10.2. The predicted molar refractivity (Wildman–Crippen MR) is 64.8 cm³/mol. The average Bonchev–Trinajstić information content (AvgIpc) is 2.20. The highest BCUT2D eigenvalue weighted by Gasteiger charge is 2.16. The summed E-state index contributed by atoms with van der Waals surface area (Å²) in [5.41, 5.74) is -0.506. The van der Waals surface area contributed by atoms with Crippen molar-refractivity contribution in [1.29, 1.82) is 0 Å². The summed E-state index contributed by atoms with van der Waals surface area (Å²) in [5, 5.41) is 23.3. The number of nitrogens with one attached hydrogen (secondary N) is 2. The molecule has 17 heavy (non-hydrogen) atoms. The van der Waals surface area contributed by atoms with Gasteiger partial charge in [-0.2, -0.15) is 0 Å². The number of hydrogen-bond donors (Lipinski definition) is 4. The number of aliphatic hydroxyl groups is 2. The highest BCUT2D eigenvalue weighted by atomic mass is 16.6. The zero-order chi connectivity index (χ0) is 13.5. The van der Waals surface area contributed by atoms with Crippen molar-refractivity contribution < 1.29 is 19.7 Å². The molecule has 0 aromatic heterocycles. The van der Waals surface area contributed by atoms with E-state index in [0.717, 1.165) is 0 Å². The van der Waals surface area contributed by atoms with Gasteiger partial charge in [0.2, 0.25) is 0 Å². The minimum absolute atomic E-state index is 0.0104. The number of carbonyl (C=O) groups is 1. The molecule has 0 saturated heterocycles. The second kappa shape index (κ2) is 7.47. The lowest BCUT2D eigenvalue weighted by Crippen LogP contribution is -2.43. The summed E-state index contributed by atoms with van der Waals surface area (Å²) >= 11 is 0. The van der Waals surface area contributed by atoms with Gasteiger partial charge in [-0.05, 0) is 27.7 Å². The lowest BCUT2D eigenvalue weighted by molar-refractivity contribution is 0.0521. The molecule has 0 bridgehead atoms. The van der Waals surface area contributed by atoms with Gasteiger partial charge in [-0.3, -0.25) is 0 Å². The minimum Gasteiger partial charge on any atom is -0.444 e. The largest absolute Gasteiger partial charge is 0.444 e. The van der Waals surface area contributed by atoms with Gasteiger partial charge in [-0.1, -0.05) is 0 Å². The molecule has 0 saturated carbocycles. The van der Waals surface area contributed by atoms with Crippen LogP contribution in [0.2, 0.25) is 0 Å². The lowest BCUT2D eigenvalue weighted by Gasteiger charge is -2.21. The summed E-state index contributed by atoms with van der Waals surface area (Å²) in [6, 6.07) is -0.0104. The van der Waals surface area contributed by atoms with Crippen molar-refractivity contribution in [1.82, 2.24) is 10.6 Å². The van der Waals surface area contributed by atoms with Gasteiger partial charge in [0, 0.05) is 19.1 Å². The fourth-order valence-corrected chi connectivity index (χ4v) is 1.02. The van der Waals surface area contributed by atoms with Gasteiger partial charge in [-0.15, -0.1) is 0 Å². The van der Waals surface area contributed by atoms with E-state index in [-0.39, 0.29) is 19.2 Å². The van der Waals surface area contributed by atoms with Gasteiger partial charge in [0.25, 0.3) is 0 Å². The third-order valence-corrected chi connectivity index (χ3v) is 1.86. The molecule has 0 aromatic carbocycles. The summed E-state index contributed by atoms with van der Waals surface area (Å²) in [6.07, 6.45) is -1.24. The van der Waals surface area contributed by atoms with Crippen LogP contribution in [0.1, 0.15) is 27.7 Å². The molecule has 0 fully saturated rings. The molecule has 0 rings (SSSR count). The Balaban J connectivity index is 3.69. The molecule has 0 aliphatic heterocycles. The number of ether oxygens (including phenoxy) is 1. The Morgan fingerprint density at radius 2 is 1.94 bits per heavy atom. The standard InChI is InChI=1S/C11H24N2O4/c1-8(12-6-9(15)7-14)5-13-10(16)17-11(2,3)4/h8-9,12,14-15H,5-7H2,1-4H3,(H,13,16). The SMILES string of the molecule is CC(CNC(=O)OC(C)(C)C)NCC(O)CO. The molecule has 0 aromatic rings. The Labute approximate surface area is 102 Å². The summed E-state index contributed by atoms with van der Waals surface area (Å²) in [7, 11) is 0. The summed E-state index contributed by atoms with van der Waals surface area (Å²) in [4.78, 5) is 11.3. The highest BCUT2D eigenvalue weighted by molar-refractivity contribution is 5.67. The predicted octanol–water partition coefficient (Wildman–Crippen LogP) is -0.158. The van der Waals surface area contributed by atoms with Crippen LogP contribution in [0.3, 0.4) is 0 Å². The Hall–Kier alpha value is -0.850. The maximum Gasteiger partial charge on any atom is 0.407 e. The van der Waals surface area contributed by atoms with Crippen LogP contribution in [0.5, 0.6) is 0 Å². The summed E-state index contributed by atoms with van der Waals surface area (Å²) < 4.78 is 5.07. The second-order valence-electron chi connectivity index (χ2n) is 5.03. The molecule has 4 N–H and O–H groups in total. The van der Waals surface area contributed by atoms with E-state index in [1.165, 1.54) is 0 Å². The van der Waals surface area contributed by atoms with Crippen molar-refractivity contribution in [2.24, 2.45) is 0 Å². The van der Waals surface area contributed by atoms with E-state index in [4.69, 9.17) is 14.9 Å². The number of carbonyl (C=O) groups excluding carboxylic acids is 1. The normalized spacial score (nSPS) is 15.2. The molecule has 2 atom stereocenters. The van der Waals surface area contributed by atoms with Crippen LogP contribution < -0.4 is 10.6 Å². The van der Waals surface area contributed by atoms with E-state index in [2.05, 4.69) is 10.6 Å². The van der Waals surface area contributed by atoms with Gasteiger partial charge >= 0.3 is 6.09 Å². The van der Waals surface area contributed by atoms with Gasteiger partial charge in [0.05, 0.1) is 12.7 Å². The van der Waals surface area contributed by atoms with Crippen LogP contribution in [0.4, 0.5) is 4.79 Å². The molecular formula is C11H24N2O4. The fourth-order valence-electron chi connectivity index (χ4n) is 1.02. The first-order valence-corrected chi connectivity index (χ1v) is 5.73. The van der Waals surface area contributed by atoms with Crippen LogP contribution in [0.15, 0.2) is 0 Å². The van der Waals surface area contributed by atoms with E-state index in [1.807, 2.05) is 6.92 Å². The molecular weight excluding hydrogens is 224 g/mol. The number of alkyl carbamates (subject to hydrolysis) is 1. The number of aliphatic hydroxyl groups excluding tert-OH is 2. The van der Waals surface area contributed by atoms with Crippen molar-refractivity contribution >= 4 is 6.09 Å². The number of amides is 1. The second-order valence-corrected chi connectivity index (χ2v) is 5.03. The van der Waals surface area contributed by atoms with Crippen LogP contribution >= 0.6 is 0 Å². The highest BCUT2D eigenvalue weighted by Crippen LogP contribution is 2.06. The van der Waals surface area contributed by atoms with Crippen molar-refractivity contribution in [3.8, 4) is 0 Å². The topological polar surface area (TPSA) is 90.8 Å². The van der Waals surface area contributed by atoms with Gasteiger partial charge in [-0.25, -0.2) is 4.79 Å². The number of rotatable bonds is 6. The van der Waals surface area contributed by atoms with Gasteiger partial charge in [0.1, 0.15) is 5.60 Å². The van der Waals surface area contributed by atoms with Crippen LogP contribution in [-0.2, 0) is 4.74 Å². The zero-order valence-electron chi connectivity index (χ0n) is 11.0. The zero-order valence-corrected chi connectivity index (χ0v) is 11.0. The Kier molecular flexibility index (Phi) is 7.10. The van der Waals surface area contributed by atoms with Crippen LogP contribution in [-0.4, -0.2) is 53.7 Å². The Morgan fingerprint density at radius 1 is 1.35 bits per heavy atom. The van der Waals surface area contributed by atoms with E-state index >= 15 is 0 Å². The first kappa shape index (κ1) is 16.1. The quantitative estimate of drug-likeness (QED) is 0.524. The molecule has 0 spiro atoms. The van der Waals surface area contributed by atoms with Crippen molar-refractivity contribution in [3.05, 3.63) is 0 Å². The third kappa shape index (κ3) is 10.0. The van der Waals surface area contributed by atoms with E-state index in [9.17, 15) is 4.79 Å². The Bertz CT molecular complexity index is 228. The molecule has 102 valence electrons. The molecule has 2 unspecified atom stereocenters. The first-order chi connectivity index (χ1) is 7.74. The van der Waals surface area contributed by atoms with E-state index in [0.29, 0.717) is 6.54 Å². The monoisotopic (exact) mass is 248 g/mol. The molecule has 1 amide bonds. The maximum absolute atomic E-state index is 11.3. The number of hydrogen-bond acceptors (Lipinski definition) is 5. The molecule has 6 heteroatoms. The van der Waals surface area contributed by atoms with Crippen LogP contribution in [0.25, 0.3) is 0 Å². The minimum atomic E-state index is -0.779.